The first-order valence-electron chi connectivity index (χ1n) is 12.1. The van der Waals surface area contributed by atoms with Crippen molar-refractivity contribution in [2.75, 3.05) is 13.1 Å². The van der Waals surface area contributed by atoms with Crippen molar-refractivity contribution >= 4 is 28.6 Å². The third-order valence-corrected chi connectivity index (χ3v) is 7.13. The minimum absolute atomic E-state index is 0.0704. The lowest BCUT2D eigenvalue weighted by Gasteiger charge is -2.42. The quantitative estimate of drug-likeness (QED) is 0.343. The molecule has 3 heterocycles. The summed E-state index contributed by atoms with van der Waals surface area (Å²) in [5, 5.41) is 23.8. The van der Waals surface area contributed by atoms with Crippen LogP contribution in [0.3, 0.4) is 0 Å². The summed E-state index contributed by atoms with van der Waals surface area (Å²) in [6.45, 7) is 2.78. The Morgan fingerprint density at radius 2 is 2.00 bits per heavy atom. The van der Waals surface area contributed by atoms with Crippen LogP contribution in [-0.4, -0.2) is 56.6 Å². The molecule has 10 heteroatoms. The van der Waals surface area contributed by atoms with Gasteiger partial charge in [-0.2, -0.15) is 0 Å². The van der Waals surface area contributed by atoms with Crippen LogP contribution in [0.25, 0.3) is 10.9 Å². The summed E-state index contributed by atoms with van der Waals surface area (Å²) in [6, 6.07) is 17.6. The molecule has 2 unspecified atom stereocenters. The third kappa shape index (κ3) is 5.05. The number of nitrogens with one attached hydrogen (secondary N) is 1. The number of para-hydroxylation sites is 1. The van der Waals surface area contributed by atoms with Gasteiger partial charge in [-0.1, -0.05) is 23.4 Å². The Bertz CT molecular complexity index is 1360. The Morgan fingerprint density at radius 3 is 2.76 bits per heavy atom. The number of amides is 2. The van der Waals surface area contributed by atoms with Crippen LogP contribution in [0.2, 0.25) is 0 Å². The minimum Gasteiger partial charge on any atom is -0.489 e. The van der Waals surface area contributed by atoms with Gasteiger partial charge in [-0.3, -0.25) is 15.0 Å². The van der Waals surface area contributed by atoms with Gasteiger partial charge < -0.3 is 19.6 Å². The molecule has 3 N–H and O–H groups in total. The summed E-state index contributed by atoms with van der Waals surface area (Å²) < 4.78 is 6.06. The lowest BCUT2D eigenvalue weighted by atomic mass is 9.75. The van der Waals surface area contributed by atoms with Crippen molar-refractivity contribution in [1.29, 1.82) is 0 Å². The van der Waals surface area contributed by atoms with E-state index in [1.807, 2.05) is 61.5 Å². The van der Waals surface area contributed by atoms with Gasteiger partial charge in [0.05, 0.1) is 11.2 Å². The van der Waals surface area contributed by atoms with Crippen LogP contribution >= 0.6 is 0 Å². The fourth-order valence-electron chi connectivity index (χ4n) is 5.17. The van der Waals surface area contributed by atoms with Crippen molar-refractivity contribution in [3.05, 3.63) is 71.4 Å². The zero-order chi connectivity index (χ0) is 26.0. The van der Waals surface area contributed by atoms with E-state index in [0.717, 1.165) is 33.4 Å². The average molecular weight is 505 g/mol. The second-order valence-corrected chi connectivity index (χ2v) is 9.54. The Kier molecular flexibility index (Phi) is 6.66. The van der Waals surface area contributed by atoms with E-state index in [1.54, 1.807) is 5.48 Å². The van der Waals surface area contributed by atoms with Crippen LogP contribution in [-0.2, 0) is 16.2 Å². The van der Waals surface area contributed by atoms with Crippen molar-refractivity contribution in [3.63, 3.8) is 0 Å². The van der Waals surface area contributed by atoms with Gasteiger partial charge in [0.15, 0.2) is 0 Å². The molecule has 1 aromatic heterocycles. The number of hydrogen-bond donors (Lipinski definition) is 3. The second kappa shape index (κ2) is 10.1. The molecule has 2 atom stereocenters. The van der Waals surface area contributed by atoms with Crippen LogP contribution in [0.5, 0.6) is 5.75 Å². The first-order valence-corrected chi connectivity index (χ1v) is 12.1. The molecule has 2 amide bonds. The predicted molar refractivity (Wildman–Crippen MR) is 134 cm³/mol. The first-order chi connectivity index (χ1) is 17.9. The van der Waals surface area contributed by atoms with Crippen LogP contribution in [0.4, 0.5) is 4.79 Å². The molecule has 2 aliphatic rings. The van der Waals surface area contributed by atoms with Gasteiger partial charge in [-0.25, -0.2) is 10.3 Å². The highest BCUT2D eigenvalue weighted by atomic mass is 16.7. The monoisotopic (exact) mass is 504 g/mol. The first kappa shape index (κ1) is 24.5. The molecule has 2 aliphatic heterocycles. The number of carboxylic acid groups (broad SMARTS) is 1. The maximum atomic E-state index is 11.9. The largest absolute Gasteiger partial charge is 0.489 e. The van der Waals surface area contributed by atoms with Crippen molar-refractivity contribution in [2.24, 2.45) is 11.1 Å². The number of benzene rings is 2. The molecule has 1 spiro atoms. The van der Waals surface area contributed by atoms with E-state index in [4.69, 9.17) is 14.8 Å². The summed E-state index contributed by atoms with van der Waals surface area (Å²) >= 11 is 0. The van der Waals surface area contributed by atoms with Crippen molar-refractivity contribution < 1.29 is 29.5 Å². The molecule has 1 saturated heterocycles. The van der Waals surface area contributed by atoms with Gasteiger partial charge in [0.2, 0.25) is 5.91 Å². The highest BCUT2D eigenvalue weighted by Gasteiger charge is 2.51. The molecular weight excluding hydrogens is 476 g/mol. The number of pyridine rings is 1. The molecule has 5 rings (SSSR count). The summed E-state index contributed by atoms with van der Waals surface area (Å²) in [7, 11) is 0. The van der Waals surface area contributed by atoms with E-state index in [1.165, 1.54) is 4.90 Å². The number of hydroxylamine groups is 1. The molecule has 0 aliphatic carbocycles. The standard InChI is InChI=1S/C27H28N4O6/c1-17-12-19(22-4-2-3-5-23(22)28-17)16-36-21-8-6-18(7-9-21)24-14-27(37-30-24)10-11-31(26(33)34)15-20(27)13-25(32)29-35/h2-9,12,20,35H,10-11,13-16H2,1H3,(H,29,32)(H,33,34). The molecule has 192 valence electrons. The van der Waals surface area contributed by atoms with E-state index in [2.05, 4.69) is 10.1 Å². The minimum atomic E-state index is -1.05. The summed E-state index contributed by atoms with van der Waals surface area (Å²) in [6.07, 6.45) is -0.282. The third-order valence-electron chi connectivity index (χ3n) is 7.13. The molecule has 0 saturated carbocycles. The SMILES string of the molecule is Cc1cc(COc2ccc(C3=NOC4(CCN(C(=O)O)CC4CC(=O)NO)C3)cc2)c2ccccc2n1. The lowest BCUT2D eigenvalue weighted by Crippen LogP contribution is -2.54. The van der Waals surface area contributed by atoms with Gasteiger partial charge in [-0.15, -0.1) is 0 Å². The predicted octanol–water partition coefficient (Wildman–Crippen LogP) is 3.88. The van der Waals surface area contributed by atoms with Crippen molar-refractivity contribution in [3.8, 4) is 5.75 Å². The maximum Gasteiger partial charge on any atom is 0.407 e. The maximum absolute atomic E-state index is 11.9. The Morgan fingerprint density at radius 1 is 1.22 bits per heavy atom. The number of piperidine rings is 1. The topological polar surface area (TPSA) is 134 Å². The fraction of sp³-hybridized carbons (Fsp3) is 0.333. The summed E-state index contributed by atoms with van der Waals surface area (Å²) in [5.74, 6) is -0.330. The number of rotatable bonds is 6. The Balaban J connectivity index is 1.27. The number of nitrogens with zero attached hydrogens (tertiary/aromatic N) is 3. The van der Waals surface area contributed by atoms with Gasteiger partial charge >= 0.3 is 6.09 Å². The number of ether oxygens (including phenoxy) is 1. The molecule has 2 aromatic carbocycles. The molecule has 1 fully saturated rings. The van der Waals surface area contributed by atoms with Gasteiger partial charge in [0.1, 0.15) is 18.0 Å². The highest BCUT2D eigenvalue weighted by Crippen LogP contribution is 2.41. The second-order valence-electron chi connectivity index (χ2n) is 9.54. The zero-order valence-corrected chi connectivity index (χ0v) is 20.4. The van der Waals surface area contributed by atoms with Crippen molar-refractivity contribution in [1.82, 2.24) is 15.4 Å². The van der Waals surface area contributed by atoms with Gasteiger partial charge in [-0.05, 0) is 48.9 Å². The Hall–Kier alpha value is -4.18. The van der Waals surface area contributed by atoms with Crippen molar-refractivity contribution in [2.45, 2.75) is 38.4 Å². The van der Waals surface area contributed by atoms with Gasteiger partial charge in [0.25, 0.3) is 0 Å². The molecule has 0 radical (unpaired) electrons. The fourth-order valence-corrected chi connectivity index (χ4v) is 5.17. The molecule has 37 heavy (non-hydrogen) atoms. The number of carbonyl (C=O) groups is 2. The van der Waals surface area contributed by atoms with E-state index < -0.39 is 23.5 Å². The Labute approximate surface area is 213 Å². The van der Waals surface area contributed by atoms with E-state index in [-0.39, 0.29) is 19.5 Å². The molecular formula is C27H28N4O6. The van der Waals surface area contributed by atoms with Gasteiger partial charge in [0, 0.05) is 54.9 Å². The normalized spacial score (nSPS) is 21.0. The van der Waals surface area contributed by atoms with E-state index >= 15 is 0 Å². The van der Waals surface area contributed by atoms with Crippen LogP contribution in [0, 0.1) is 12.8 Å². The highest BCUT2D eigenvalue weighted by molar-refractivity contribution is 6.01. The molecule has 10 nitrogen and oxygen atoms in total. The smallest absolute Gasteiger partial charge is 0.407 e. The van der Waals surface area contributed by atoms with Crippen LogP contribution in [0.1, 0.15) is 36.1 Å². The van der Waals surface area contributed by atoms with E-state index in [0.29, 0.717) is 25.2 Å². The van der Waals surface area contributed by atoms with Crippen LogP contribution in [0.15, 0.2) is 59.8 Å². The zero-order valence-electron chi connectivity index (χ0n) is 20.4. The number of likely N-dealkylation sites (tertiary alicyclic amines) is 1. The molecule has 0 bridgehead atoms. The van der Waals surface area contributed by atoms with E-state index in [9.17, 15) is 14.7 Å². The number of aromatic nitrogens is 1. The number of oxime groups is 1. The molecule has 3 aromatic rings. The number of aryl methyl sites for hydroxylation is 1. The number of carbonyl (C=O) groups excluding carboxylic acids is 1. The summed E-state index contributed by atoms with van der Waals surface area (Å²) in [5.41, 5.74) is 5.35. The summed E-state index contributed by atoms with van der Waals surface area (Å²) in [4.78, 5) is 35.1. The van der Waals surface area contributed by atoms with Crippen LogP contribution < -0.4 is 10.2 Å². The lowest BCUT2D eigenvalue weighted by molar-refractivity contribution is -0.139. The number of hydrogen-bond acceptors (Lipinski definition) is 7. The average Bonchev–Trinajstić information content (AvgIpc) is 3.33. The number of fused-ring (bicyclic) bond motifs is 1.